The first-order valence-electron chi connectivity index (χ1n) is 11.8. The van der Waals surface area contributed by atoms with Crippen LogP contribution >= 0.6 is 0 Å². The van der Waals surface area contributed by atoms with E-state index in [9.17, 15) is 45.1 Å². The number of nitrogens with zero attached hydrogens (tertiary/aromatic N) is 2. The number of alkyl halides is 6. The summed E-state index contributed by atoms with van der Waals surface area (Å²) in [4.78, 5) is 39.6. The number of hydrogen-bond acceptors (Lipinski definition) is 3. The maximum Gasteiger partial charge on any atom is 0.416 e. The fraction of sp³-hybridized carbons (Fsp3) is 0.423. The Labute approximate surface area is 219 Å². The number of likely N-dealkylation sites (tertiary alicyclic amines) is 1. The molecule has 3 atom stereocenters. The third-order valence-corrected chi connectivity index (χ3v) is 7.08. The Morgan fingerprint density at radius 1 is 1.00 bits per heavy atom. The van der Waals surface area contributed by atoms with E-state index in [1.165, 1.54) is 26.1 Å². The summed E-state index contributed by atoms with van der Waals surface area (Å²) in [5.74, 6) is -4.96. The average molecular weight is 561 g/mol. The summed E-state index contributed by atoms with van der Waals surface area (Å²) in [5.41, 5.74) is 2.69. The van der Waals surface area contributed by atoms with Gasteiger partial charge in [-0.1, -0.05) is 6.07 Å². The highest BCUT2D eigenvalue weighted by Crippen LogP contribution is 2.40. The van der Waals surface area contributed by atoms with Crippen molar-refractivity contribution in [1.82, 2.24) is 9.80 Å². The Morgan fingerprint density at radius 2 is 1.56 bits per heavy atom. The standard InChI is InChI=1S/C26H26F7N3O3/c1-13-8-18(27)4-5-19(13)21-12-36(24(39)22(34)37)7-6-20(21)23(38)35(3)14(2)15-9-16(25(28,29)30)11-17(10-15)26(31,32)33/h4-5,8-11,14,20-21H,6-7,12H2,1-3H3,(H2,34,37)/t14-,20-,21?/m0/s1. The van der Waals surface area contributed by atoms with Crippen LogP contribution in [-0.2, 0) is 26.7 Å². The molecule has 13 heteroatoms. The van der Waals surface area contributed by atoms with Crippen molar-refractivity contribution < 1.29 is 45.1 Å². The molecule has 3 amide bonds. The van der Waals surface area contributed by atoms with Crippen LogP contribution in [0.25, 0.3) is 0 Å². The highest BCUT2D eigenvalue weighted by molar-refractivity contribution is 6.34. The number of amides is 3. The van der Waals surface area contributed by atoms with E-state index < -0.39 is 64.9 Å². The number of halogens is 7. The van der Waals surface area contributed by atoms with Gasteiger partial charge in [0.1, 0.15) is 5.82 Å². The van der Waals surface area contributed by atoms with Crippen molar-refractivity contribution in [2.45, 2.75) is 44.6 Å². The van der Waals surface area contributed by atoms with Gasteiger partial charge in [0, 0.05) is 32.0 Å². The maximum absolute atomic E-state index is 13.8. The summed E-state index contributed by atoms with van der Waals surface area (Å²) < 4.78 is 94.0. The number of rotatable bonds is 4. The van der Waals surface area contributed by atoms with Crippen LogP contribution in [0.2, 0.25) is 0 Å². The molecule has 1 fully saturated rings. The Morgan fingerprint density at radius 3 is 2.05 bits per heavy atom. The fourth-order valence-electron chi connectivity index (χ4n) is 4.85. The molecule has 2 aromatic rings. The van der Waals surface area contributed by atoms with Crippen LogP contribution in [0.5, 0.6) is 0 Å². The van der Waals surface area contributed by atoms with Gasteiger partial charge in [-0.2, -0.15) is 26.3 Å². The van der Waals surface area contributed by atoms with Crippen molar-refractivity contribution in [3.8, 4) is 0 Å². The summed E-state index contributed by atoms with van der Waals surface area (Å²) >= 11 is 0. The molecular formula is C26H26F7N3O3. The number of benzene rings is 2. The molecular weight excluding hydrogens is 535 g/mol. The number of carbonyl (C=O) groups excluding carboxylic acids is 3. The van der Waals surface area contributed by atoms with Gasteiger partial charge >= 0.3 is 24.2 Å². The van der Waals surface area contributed by atoms with E-state index in [4.69, 9.17) is 5.73 Å². The van der Waals surface area contributed by atoms with E-state index in [0.717, 1.165) is 15.9 Å². The van der Waals surface area contributed by atoms with Gasteiger partial charge in [-0.25, -0.2) is 4.39 Å². The number of primary amides is 1. The minimum Gasteiger partial charge on any atom is -0.361 e. The quantitative estimate of drug-likeness (QED) is 0.430. The van der Waals surface area contributed by atoms with Crippen molar-refractivity contribution >= 4 is 17.7 Å². The molecule has 0 aliphatic carbocycles. The van der Waals surface area contributed by atoms with E-state index in [2.05, 4.69) is 0 Å². The molecule has 1 heterocycles. The zero-order valence-electron chi connectivity index (χ0n) is 21.2. The third-order valence-electron chi connectivity index (χ3n) is 7.08. The van der Waals surface area contributed by atoms with Crippen molar-refractivity contribution in [3.05, 3.63) is 70.0 Å². The van der Waals surface area contributed by atoms with Gasteiger partial charge in [0.25, 0.3) is 0 Å². The predicted octanol–water partition coefficient (Wildman–Crippen LogP) is 4.81. The Hall–Kier alpha value is -3.64. The fourth-order valence-corrected chi connectivity index (χ4v) is 4.85. The number of piperidine rings is 1. The molecule has 2 N–H and O–H groups in total. The molecule has 1 saturated heterocycles. The molecule has 1 aliphatic rings. The minimum atomic E-state index is -5.05. The van der Waals surface area contributed by atoms with Gasteiger partial charge in [-0.05, 0) is 67.3 Å². The van der Waals surface area contributed by atoms with Gasteiger partial charge in [0.2, 0.25) is 5.91 Å². The Balaban J connectivity index is 1.99. The first-order valence-corrected chi connectivity index (χ1v) is 11.8. The number of hydrogen-bond donors (Lipinski definition) is 1. The molecule has 0 bridgehead atoms. The van der Waals surface area contributed by atoms with Crippen molar-refractivity contribution in [2.75, 3.05) is 20.1 Å². The zero-order chi connectivity index (χ0) is 29.4. The normalized spacial score (nSPS) is 19.0. The molecule has 212 valence electrons. The Kier molecular flexibility index (Phi) is 8.32. The number of nitrogens with two attached hydrogens (primary N) is 1. The summed E-state index contributed by atoms with van der Waals surface area (Å²) in [7, 11) is 1.26. The molecule has 1 aliphatic heterocycles. The smallest absolute Gasteiger partial charge is 0.361 e. The molecule has 0 spiro atoms. The van der Waals surface area contributed by atoms with Crippen LogP contribution in [0.3, 0.4) is 0 Å². The van der Waals surface area contributed by atoms with E-state index in [0.29, 0.717) is 23.3 Å². The number of aryl methyl sites for hydroxylation is 1. The van der Waals surface area contributed by atoms with Gasteiger partial charge < -0.3 is 15.5 Å². The largest absolute Gasteiger partial charge is 0.416 e. The van der Waals surface area contributed by atoms with Crippen molar-refractivity contribution in [3.63, 3.8) is 0 Å². The lowest BCUT2D eigenvalue weighted by atomic mass is 9.78. The lowest BCUT2D eigenvalue weighted by Gasteiger charge is -2.40. The van der Waals surface area contributed by atoms with Crippen LogP contribution in [0, 0.1) is 18.7 Å². The lowest BCUT2D eigenvalue weighted by molar-refractivity contribution is -0.147. The second kappa shape index (κ2) is 10.9. The third kappa shape index (κ3) is 6.51. The maximum atomic E-state index is 13.8. The van der Waals surface area contributed by atoms with Crippen LogP contribution in [-0.4, -0.2) is 47.7 Å². The minimum absolute atomic E-state index is 0.0108. The monoisotopic (exact) mass is 561 g/mol. The van der Waals surface area contributed by atoms with Crippen molar-refractivity contribution in [1.29, 1.82) is 0 Å². The molecule has 3 rings (SSSR count). The molecule has 0 aromatic heterocycles. The molecule has 39 heavy (non-hydrogen) atoms. The van der Waals surface area contributed by atoms with E-state index in [-0.39, 0.29) is 31.1 Å². The molecule has 0 radical (unpaired) electrons. The Bertz CT molecular complexity index is 1240. The van der Waals surface area contributed by atoms with Crippen LogP contribution in [0.15, 0.2) is 36.4 Å². The van der Waals surface area contributed by atoms with E-state index in [1.54, 1.807) is 6.92 Å². The second-order valence-electron chi connectivity index (χ2n) is 9.58. The molecule has 6 nitrogen and oxygen atoms in total. The van der Waals surface area contributed by atoms with Crippen LogP contribution < -0.4 is 5.73 Å². The first-order chi connectivity index (χ1) is 17.9. The highest BCUT2D eigenvalue weighted by Gasteiger charge is 2.41. The average Bonchev–Trinajstić information content (AvgIpc) is 2.85. The first kappa shape index (κ1) is 29.9. The van der Waals surface area contributed by atoms with Gasteiger partial charge in [0.05, 0.1) is 17.2 Å². The summed E-state index contributed by atoms with van der Waals surface area (Å²) in [6.45, 7) is 2.72. The summed E-state index contributed by atoms with van der Waals surface area (Å²) in [5, 5.41) is 0. The predicted molar refractivity (Wildman–Crippen MR) is 125 cm³/mol. The van der Waals surface area contributed by atoms with E-state index >= 15 is 0 Å². The second-order valence-corrected chi connectivity index (χ2v) is 9.58. The number of carbonyl (C=O) groups is 3. The molecule has 0 saturated carbocycles. The van der Waals surface area contributed by atoms with Gasteiger partial charge in [-0.15, -0.1) is 0 Å². The lowest BCUT2D eigenvalue weighted by Crippen LogP contribution is -2.50. The van der Waals surface area contributed by atoms with Gasteiger partial charge in [-0.3, -0.25) is 14.4 Å². The van der Waals surface area contributed by atoms with E-state index in [1.807, 2.05) is 0 Å². The summed E-state index contributed by atoms with van der Waals surface area (Å²) in [6, 6.07) is 3.77. The highest BCUT2D eigenvalue weighted by atomic mass is 19.4. The SMILES string of the molecule is Cc1cc(F)ccc1C1CN(C(=O)C(N)=O)CC[C@@H]1C(=O)N(C)[C@@H](C)c1cc(C(F)(F)F)cc(C(F)(F)F)c1. The van der Waals surface area contributed by atoms with Crippen LogP contribution in [0.1, 0.15) is 53.1 Å². The zero-order valence-corrected chi connectivity index (χ0v) is 21.2. The van der Waals surface area contributed by atoms with Gasteiger partial charge in [0.15, 0.2) is 0 Å². The van der Waals surface area contributed by atoms with Crippen molar-refractivity contribution in [2.24, 2.45) is 11.7 Å². The molecule has 2 aromatic carbocycles. The molecule has 1 unspecified atom stereocenters. The van der Waals surface area contributed by atoms with Crippen LogP contribution in [0.4, 0.5) is 30.7 Å². The topological polar surface area (TPSA) is 83.7 Å². The summed E-state index contributed by atoms with van der Waals surface area (Å²) in [6.07, 6.45) is -10.1.